The van der Waals surface area contributed by atoms with Gasteiger partial charge in [0.1, 0.15) is 0 Å². The van der Waals surface area contributed by atoms with E-state index in [0.717, 1.165) is 12.0 Å². The molecule has 1 saturated heterocycles. The highest BCUT2D eigenvalue weighted by atomic mass is 16.2. The van der Waals surface area contributed by atoms with Crippen LogP contribution in [0.4, 0.5) is 0 Å². The van der Waals surface area contributed by atoms with Crippen LogP contribution in [0.1, 0.15) is 23.1 Å². The van der Waals surface area contributed by atoms with Gasteiger partial charge in [-0.05, 0) is 38.6 Å². The van der Waals surface area contributed by atoms with E-state index in [-0.39, 0.29) is 23.8 Å². The van der Waals surface area contributed by atoms with E-state index in [2.05, 4.69) is 22.3 Å². The summed E-state index contributed by atoms with van der Waals surface area (Å²) in [6, 6.07) is 18.7. The molecule has 1 aliphatic heterocycles. The molecular formula is C24H31N3O2. The summed E-state index contributed by atoms with van der Waals surface area (Å²) in [6.07, 6.45) is 1.17. The Kier molecular flexibility index (Phi) is 7.04. The Labute approximate surface area is 173 Å². The number of hydrogen-bond acceptors (Lipinski definition) is 3. The van der Waals surface area contributed by atoms with Gasteiger partial charge < -0.3 is 15.1 Å². The molecule has 0 radical (unpaired) electrons. The van der Waals surface area contributed by atoms with Gasteiger partial charge in [-0.15, -0.1) is 0 Å². The van der Waals surface area contributed by atoms with E-state index in [4.69, 9.17) is 0 Å². The van der Waals surface area contributed by atoms with E-state index in [1.807, 2.05) is 63.5 Å². The van der Waals surface area contributed by atoms with Gasteiger partial charge in [0, 0.05) is 32.1 Å². The largest absolute Gasteiger partial charge is 0.354 e. The number of aryl methyl sites for hydroxylation is 1. The van der Waals surface area contributed by atoms with Crippen LogP contribution in [0.3, 0.4) is 0 Å². The Bertz CT molecular complexity index is 818. The fourth-order valence-electron chi connectivity index (χ4n) is 3.70. The van der Waals surface area contributed by atoms with Crippen molar-refractivity contribution < 1.29 is 9.59 Å². The van der Waals surface area contributed by atoms with Crippen molar-refractivity contribution in [3.8, 4) is 0 Å². The molecule has 1 fully saturated rings. The summed E-state index contributed by atoms with van der Waals surface area (Å²) in [4.78, 5) is 29.0. The Balaban J connectivity index is 1.52. The number of nitrogens with zero attached hydrogens (tertiary/aromatic N) is 2. The Hall–Kier alpha value is -2.66. The Morgan fingerprint density at radius 3 is 2.45 bits per heavy atom. The van der Waals surface area contributed by atoms with Crippen LogP contribution in [0.2, 0.25) is 0 Å². The second kappa shape index (κ2) is 9.70. The van der Waals surface area contributed by atoms with Gasteiger partial charge in [0.25, 0.3) is 0 Å². The highest BCUT2D eigenvalue weighted by Crippen LogP contribution is 2.20. The van der Waals surface area contributed by atoms with Gasteiger partial charge in [0.15, 0.2) is 0 Å². The lowest BCUT2D eigenvalue weighted by Gasteiger charge is -2.25. The van der Waals surface area contributed by atoms with Crippen molar-refractivity contribution in [2.24, 2.45) is 5.92 Å². The first-order valence-electron chi connectivity index (χ1n) is 10.2. The molecule has 1 N–H and O–H groups in total. The van der Waals surface area contributed by atoms with Crippen molar-refractivity contribution in [2.45, 2.75) is 32.4 Å². The van der Waals surface area contributed by atoms with E-state index in [1.54, 1.807) is 4.90 Å². The molecule has 0 aromatic heterocycles. The topological polar surface area (TPSA) is 52.7 Å². The molecule has 5 nitrogen and oxygen atoms in total. The SMILES string of the molecule is Cc1ccc(CN2CC(C(=O)NCC(Cc3ccccc3)N(C)C)CC2=O)cc1. The van der Waals surface area contributed by atoms with Crippen molar-refractivity contribution in [3.63, 3.8) is 0 Å². The summed E-state index contributed by atoms with van der Waals surface area (Å²) < 4.78 is 0. The third-order valence-corrected chi connectivity index (χ3v) is 5.64. The molecule has 0 bridgehead atoms. The molecule has 2 aromatic carbocycles. The second-order valence-electron chi connectivity index (χ2n) is 8.21. The van der Waals surface area contributed by atoms with Gasteiger partial charge in [0.05, 0.1) is 5.92 Å². The van der Waals surface area contributed by atoms with Gasteiger partial charge in [0.2, 0.25) is 11.8 Å². The van der Waals surface area contributed by atoms with Crippen LogP contribution < -0.4 is 5.32 Å². The molecular weight excluding hydrogens is 362 g/mol. The third-order valence-electron chi connectivity index (χ3n) is 5.64. The number of likely N-dealkylation sites (N-methyl/N-ethyl adjacent to an activating group) is 1. The lowest BCUT2D eigenvalue weighted by atomic mass is 10.0. The lowest BCUT2D eigenvalue weighted by molar-refractivity contribution is -0.129. The predicted molar refractivity (Wildman–Crippen MR) is 115 cm³/mol. The molecule has 0 aliphatic carbocycles. The van der Waals surface area contributed by atoms with E-state index in [0.29, 0.717) is 26.1 Å². The first kappa shape index (κ1) is 21.1. The van der Waals surface area contributed by atoms with E-state index >= 15 is 0 Å². The number of amides is 2. The molecule has 2 unspecified atom stereocenters. The zero-order chi connectivity index (χ0) is 20.8. The van der Waals surface area contributed by atoms with Crippen LogP contribution in [0.15, 0.2) is 54.6 Å². The molecule has 0 saturated carbocycles. The maximum atomic E-state index is 12.7. The number of hydrogen-bond donors (Lipinski definition) is 1. The molecule has 2 aromatic rings. The highest BCUT2D eigenvalue weighted by Gasteiger charge is 2.34. The zero-order valence-electron chi connectivity index (χ0n) is 17.6. The van der Waals surface area contributed by atoms with Crippen molar-refractivity contribution in [3.05, 3.63) is 71.3 Å². The maximum absolute atomic E-state index is 12.7. The number of carbonyl (C=O) groups is 2. The second-order valence-corrected chi connectivity index (χ2v) is 8.21. The summed E-state index contributed by atoms with van der Waals surface area (Å²) in [5.74, 6) is -0.240. The van der Waals surface area contributed by atoms with Crippen LogP contribution in [0.25, 0.3) is 0 Å². The first-order valence-corrected chi connectivity index (χ1v) is 10.2. The Morgan fingerprint density at radius 1 is 1.10 bits per heavy atom. The molecule has 29 heavy (non-hydrogen) atoms. The fraction of sp³-hybridized carbons (Fsp3) is 0.417. The van der Waals surface area contributed by atoms with E-state index < -0.39 is 0 Å². The Morgan fingerprint density at radius 2 is 1.79 bits per heavy atom. The molecule has 5 heteroatoms. The number of nitrogens with one attached hydrogen (secondary N) is 1. The summed E-state index contributed by atoms with van der Waals surface area (Å²) >= 11 is 0. The number of rotatable bonds is 8. The molecule has 3 rings (SSSR count). The van der Waals surface area contributed by atoms with Crippen molar-refractivity contribution >= 4 is 11.8 Å². The normalized spacial score (nSPS) is 17.6. The number of carbonyl (C=O) groups excluding carboxylic acids is 2. The van der Waals surface area contributed by atoms with Crippen LogP contribution in [-0.4, -0.2) is 54.8 Å². The van der Waals surface area contributed by atoms with Gasteiger partial charge in [-0.3, -0.25) is 9.59 Å². The maximum Gasteiger partial charge on any atom is 0.225 e. The van der Waals surface area contributed by atoms with Crippen LogP contribution >= 0.6 is 0 Å². The highest BCUT2D eigenvalue weighted by molar-refractivity contribution is 5.89. The molecule has 1 aliphatic rings. The quantitative estimate of drug-likeness (QED) is 0.750. The van der Waals surface area contributed by atoms with E-state index in [1.165, 1.54) is 11.1 Å². The van der Waals surface area contributed by atoms with E-state index in [9.17, 15) is 9.59 Å². The van der Waals surface area contributed by atoms with Crippen LogP contribution in [0.5, 0.6) is 0 Å². The number of benzene rings is 2. The average Bonchev–Trinajstić information content (AvgIpc) is 3.07. The molecule has 2 amide bonds. The predicted octanol–water partition coefficient (Wildman–Crippen LogP) is 2.63. The van der Waals surface area contributed by atoms with Gasteiger partial charge in [-0.25, -0.2) is 0 Å². The minimum absolute atomic E-state index is 0.0235. The van der Waals surface area contributed by atoms with Crippen LogP contribution in [0, 0.1) is 12.8 Å². The van der Waals surface area contributed by atoms with Crippen LogP contribution in [-0.2, 0) is 22.6 Å². The fourth-order valence-corrected chi connectivity index (χ4v) is 3.70. The van der Waals surface area contributed by atoms with Crippen molar-refractivity contribution in [2.75, 3.05) is 27.2 Å². The minimum Gasteiger partial charge on any atom is -0.354 e. The van der Waals surface area contributed by atoms with Gasteiger partial charge in [-0.2, -0.15) is 0 Å². The van der Waals surface area contributed by atoms with Crippen molar-refractivity contribution in [1.82, 2.24) is 15.1 Å². The summed E-state index contributed by atoms with van der Waals surface area (Å²) in [5.41, 5.74) is 3.55. The van der Waals surface area contributed by atoms with Crippen molar-refractivity contribution in [1.29, 1.82) is 0 Å². The monoisotopic (exact) mass is 393 g/mol. The number of likely N-dealkylation sites (tertiary alicyclic amines) is 1. The molecule has 0 spiro atoms. The average molecular weight is 394 g/mol. The molecule has 154 valence electrons. The standard InChI is InChI=1S/C24H31N3O2/c1-18-9-11-20(12-10-18)16-27-17-21(14-23(27)28)24(29)25-15-22(26(2)3)13-19-7-5-4-6-8-19/h4-12,21-22H,13-17H2,1-3H3,(H,25,29). The zero-order valence-corrected chi connectivity index (χ0v) is 17.6. The smallest absolute Gasteiger partial charge is 0.225 e. The van der Waals surface area contributed by atoms with Gasteiger partial charge in [-0.1, -0.05) is 60.2 Å². The lowest BCUT2D eigenvalue weighted by Crippen LogP contribution is -2.43. The summed E-state index contributed by atoms with van der Waals surface area (Å²) in [6.45, 7) is 3.68. The molecule has 2 atom stereocenters. The summed E-state index contributed by atoms with van der Waals surface area (Å²) in [7, 11) is 4.06. The molecule has 1 heterocycles. The minimum atomic E-state index is -0.271. The van der Waals surface area contributed by atoms with Gasteiger partial charge >= 0.3 is 0 Å². The summed E-state index contributed by atoms with van der Waals surface area (Å²) in [5, 5.41) is 3.08. The third kappa shape index (κ3) is 5.91. The first-order chi connectivity index (χ1) is 13.9.